The highest BCUT2D eigenvalue weighted by atomic mass is 32.1. The first-order valence-electron chi connectivity index (χ1n) is 7.68. The zero-order valence-electron chi connectivity index (χ0n) is 12.8. The molecule has 1 aliphatic carbocycles. The van der Waals surface area contributed by atoms with Crippen molar-refractivity contribution < 1.29 is 18.4 Å². The number of nitrogens with one attached hydrogen (secondary N) is 1. The molecule has 7 heteroatoms. The summed E-state index contributed by atoms with van der Waals surface area (Å²) >= 11 is 1.31. The average Bonchev–Trinajstić information content (AvgIpc) is 2.69. The number of hydrogen-bond donors (Lipinski definition) is 2. The van der Waals surface area contributed by atoms with Crippen LogP contribution in [0.2, 0.25) is 0 Å². The number of thiophene rings is 1. The molecule has 0 saturated heterocycles. The molecular weight excluding hydrogens is 334 g/mol. The Morgan fingerprint density at radius 2 is 1.88 bits per heavy atom. The summed E-state index contributed by atoms with van der Waals surface area (Å²) in [5, 5.41) is 2.90. The van der Waals surface area contributed by atoms with Gasteiger partial charge in [0.25, 0.3) is 11.8 Å². The molecule has 0 saturated carbocycles. The summed E-state index contributed by atoms with van der Waals surface area (Å²) in [7, 11) is 0. The second-order valence-corrected chi connectivity index (χ2v) is 6.82. The van der Waals surface area contributed by atoms with Crippen molar-refractivity contribution in [3.8, 4) is 0 Å². The van der Waals surface area contributed by atoms with E-state index in [4.69, 9.17) is 5.73 Å². The lowest BCUT2D eigenvalue weighted by atomic mass is 10.1. The van der Waals surface area contributed by atoms with Crippen LogP contribution in [0.1, 0.15) is 50.4 Å². The maximum atomic E-state index is 13.8. The van der Waals surface area contributed by atoms with Gasteiger partial charge in [-0.05, 0) is 43.4 Å². The van der Waals surface area contributed by atoms with Gasteiger partial charge in [-0.2, -0.15) is 0 Å². The first kappa shape index (κ1) is 16.6. The maximum absolute atomic E-state index is 13.8. The minimum absolute atomic E-state index is 0.282. The van der Waals surface area contributed by atoms with Crippen LogP contribution in [-0.4, -0.2) is 11.8 Å². The van der Waals surface area contributed by atoms with Crippen molar-refractivity contribution in [1.29, 1.82) is 0 Å². The smallest absolute Gasteiger partial charge is 0.259 e. The van der Waals surface area contributed by atoms with E-state index in [2.05, 4.69) is 5.32 Å². The van der Waals surface area contributed by atoms with Gasteiger partial charge in [-0.15, -0.1) is 11.3 Å². The van der Waals surface area contributed by atoms with Crippen molar-refractivity contribution in [2.24, 2.45) is 5.73 Å². The van der Waals surface area contributed by atoms with Gasteiger partial charge in [0, 0.05) is 10.9 Å². The average molecular weight is 350 g/mol. The number of carbonyl (C=O) groups excluding carboxylic acids is 2. The van der Waals surface area contributed by atoms with Crippen molar-refractivity contribution in [3.63, 3.8) is 0 Å². The summed E-state index contributed by atoms with van der Waals surface area (Å²) in [4.78, 5) is 25.2. The number of aryl methyl sites for hydroxylation is 1. The van der Waals surface area contributed by atoms with E-state index in [9.17, 15) is 18.4 Å². The monoisotopic (exact) mass is 350 g/mol. The number of rotatable bonds is 3. The summed E-state index contributed by atoms with van der Waals surface area (Å²) in [6.45, 7) is 0. The molecular formula is C17H16F2N2O2S. The molecule has 1 aliphatic rings. The Hall–Kier alpha value is -2.28. The molecule has 0 bridgehead atoms. The molecule has 4 nitrogen and oxygen atoms in total. The Kier molecular flexibility index (Phi) is 4.62. The fourth-order valence-electron chi connectivity index (χ4n) is 2.94. The van der Waals surface area contributed by atoms with Crippen LogP contribution in [-0.2, 0) is 12.8 Å². The first-order chi connectivity index (χ1) is 11.5. The van der Waals surface area contributed by atoms with Crippen LogP contribution in [0.25, 0.3) is 0 Å². The van der Waals surface area contributed by atoms with Gasteiger partial charge in [-0.3, -0.25) is 9.59 Å². The van der Waals surface area contributed by atoms with Gasteiger partial charge in [-0.25, -0.2) is 8.78 Å². The first-order valence-corrected chi connectivity index (χ1v) is 8.49. The van der Waals surface area contributed by atoms with Crippen molar-refractivity contribution in [2.75, 3.05) is 5.32 Å². The summed E-state index contributed by atoms with van der Waals surface area (Å²) in [5.74, 6) is -3.05. The number of primary amides is 1. The van der Waals surface area contributed by atoms with Gasteiger partial charge in [0.1, 0.15) is 16.6 Å². The zero-order valence-corrected chi connectivity index (χ0v) is 13.6. The summed E-state index contributed by atoms with van der Waals surface area (Å²) < 4.78 is 26.7. The van der Waals surface area contributed by atoms with E-state index in [0.717, 1.165) is 54.7 Å². The molecule has 1 aromatic carbocycles. The van der Waals surface area contributed by atoms with E-state index in [1.54, 1.807) is 0 Å². The molecule has 2 amide bonds. The number of fused-ring (bicyclic) bond motifs is 1. The number of amides is 2. The third-order valence-electron chi connectivity index (χ3n) is 4.07. The van der Waals surface area contributed by atoms with Gasteiger partial charge < -0.3 is 11.1 Å². The van der Waals surface area contributed by atoms with Crippen molar-refractivity contribution >= 4 is 28.2 Å². The normalized spacial score (nSPS) is 13.9. The Labute approximate surface area is 141 Å². The molecule has 1 heterocycles. The van der Waals surface area contributed by atoms with Crippen LogP contribution in [0.3, 0.4) is 0 Å². The van der Waals surface area contributed by atoms with Gasteiger partial charge in [0.2, 0.25) is 0 Å². The molecule has 0 aliphatic heterocycles. The molecule has 24 heavy (non-hydrogen) atoms. The number of benzene rings is 1. The van der Waals surface area contributed by atoms with Gasteiger partial charge in [0.15, 0.2) is 0 Å². The maximum Gasteiger partial charge on any atom is 0.259 e. The van der Waals surface area contributed by atoms with Crippen LogP contribution in [0, 0.1) is 11.6 Å². The molecule has 3 N–H and O–H groups in total. The lowest BCUT2D eigenvalue weighted by Gasteiger charge is -2.07. The predicted octanol–water partition coefficient (Wildman–Crippen LogP) is 3.65. The van der Waals surface area contributed by atoms with Crippen molar-refractivity contribution in [3.05, 3.63) is 51.4 Å². The molecule has 0 unspecified atom stereocenters. The highest BCUT2D eigenvalue weighted by molar-refractivity contribution is 7.17. The lowest BCUT2D eigenvalue weighted by Crippen LogP contribution is -2.18. The third kappa shape index (κ3) is 3.17. The van der Waals surface area contributed by atoms with Crippen LogP contribution >= 0.6 is 11.3 Å². The van der Waals surface area contributed by atoms with E-state index in [-0.39, 0.29) is 5.56 Å². The van der Waals surface area contributed by atoms with Crippen LogP contribution in [0.4, 0.5) is 13.8 Å². The standard InChI is InChI=1S/C17H16F2N2O2S/c18-9-6-7-10(12(19)8-9)16(23)21-17-14(15(20)22)11-4-2-1-3-5-13(11)24-17/h6-8H,1-5H2,(H2,20,22)(H,21,23). The topological polar surface area (TPSA) is 72.2 Å². The Balaban J connectivity index is 1.95. The molecule has 3 rings (SSSR count). The summed E-state index contributed by atoms with van der Waals surface area (Å²) in [5.41, 5.74) is 6.41. The van der Waals surface area contributed by atoms with Gasteiger partial charge in [0.05, 0.1) is 11.1 Å². The Bertz CT molecular complexity index is 817. The summed E-state index contributed by atoms with van der Waals surface area (Å²) in [6.07, 6.45) is 4.64. The van der Waals surface area contributed by atoms with E-state index < -0.39 is 23.4 Å². The molecule has 0 fully saturated rings. The minimum atomic E-state index is -0.953. The Morgan fingerprint density at radius 1 is 1.12 bits per heavy atom. The molecule has 0 atom stereocenters. The number of hydrogen-bond acceptors (Lipinski definition) is 3. The number of nitrogens with two attached hydrogens (primary N) is 1. The number of halogens is 2. The van der Waals surface area contributed by atoms with Gasteiger partial charge in [-0.1, -0.05) is 6.42 Å². The van der Waals surface area contributed by atoms with Crippen LogP contribution < -0.4 is 11.1 Å². The van der Waals surface area contributed by atoms with Crippen molar-refractivity contribution in [1.82, 2.24) is 0 Å². The van der Waals surface area contributed by atoms with Crippen LogP contribution in [0.5, 0.6) is 0 Å². The molecule has 1 aromatic heterocycles. The van der Waals surface area contributed by atoms with Crippen molar-refractivity contribution in [2.45, 2.75) is 32.1 Å². The highest BCUT2D eigenvalue weighted by Gasteiger charge is 2.25. The van der Waals surface area contributed by atoms with E-state index >= 15 is 0 Å². The second kappa shape index (κ2) is 6.68. The Morgan fingerprint density at radius 3 is 2.58 bits per heavy atom. The number of carbonyl (C=O) groups is 2. The largest absolute Gasteiger partial charge is 0.365 e. The van der Waals surface area contributed by atoms with E-state index in [0.29, 0.717) is 16.6 Å². The number of anilines is 1. The molecule has 0 spiro atoms. The third-order valence-corrected chi connectivity index (χ3v) is 5.28. The summed E-state index contributed by atoms with van der Waals surface area (Å²) in [6, 6.07) is 2.73. The quantitative estimate of drug-likeness (QED) is 0.830. The predicted molar refractivity (Wildman–Crippen MR) is 88.4 cm³/mol. The van der Waals surface area contributed by atoms with Gasteiger partial charge >= 0.3 is 0 Å². The fourth-order valence-corrected chi connectivity index (χ4v) is 4.23. The zero-order chi connectivity index (χ0) is 17.3. The lowest BCUT2D eigenvalue weighted by molar-refractivity contribution is 0.100. The minimum Gasteiger partial charge on any atom is -0.365 e. The molecule has 2 aromatic rings. The molecule has 126 valence electrons. The van der Waals surface area contributed by atoms with E-state index in [1.807, 2.05) is 0 Å². The fraction of sp³-hybridized carbons (Fsp3) is 0.294. The second-order valence-electron chi connectivity index (χ2n) is 5.71. The molecule has 0 radical (unpaired) electrons. The van der Waals surface area contributed by atoms with E-state index in [1.165, 1.54) is 11.3 Å². The van der Waals surface area contributed by atoms with Crippen LogP contribution in [0.15, 0.2) is 18.2 Å². The SMILES string of the molecule is NC(=O)c1c(NC(=O)c2ccc(F)cc2F)sc2c1CCCCC2. The highest BCUT2D eigenvalue weighted by Crippen LogP contribution is 2.37.